The zero-order valence-corrected chi connectivity index (χ0v) is 12.1. The summed E-state index contributed by atoms with van der Waals surface area (Å²) < 4.78 is 13.6. The number of amides is 1. The van der Waals surface area contributed by atoms with Crippen molar-refractivity contribution in [2.75, 3.05) is 0 Å². The highest BCUT2D eigenvalue weighted by molar-refractivity contribution is 6.31. The molecule has 0 spiro atoms. The Labute approximate surface area is 118 Å². The van der Waals surface area contributed by atoms with Gasteiger partial charge in [-0.15, -0.1) is 0 Å². The summed E-state index contributed by atoms with van der Waals surface area (Å²) in [6, 6.07) is 4.14. The van der Waals surface area contributed by atoms with Crippen molar-refractivity contribution in [1.29, 1.82) is 0 Å². The molecule has 1 aromatic rings. The van der Waals surface area contributed by atoms with Gasteiger partial charge in [-0.2, -0.15) is 0 Å². The summed E-state index contributed by atoms with van der Waals surface area (Å²) in [5.74, 6) is -0.907. The van der Waals surface area contributed by atoms with Gasteiger partial charge in [0.15, 0.2) is 0 Å². The summed E-state index contributed by atoms with van der Waals surface area (Å²) in [6.45, 7) is 4.29. The molecule has 2 nitrogen and oxygen atoms in total. The topological polar surface area (TPSA) is 29.1 Å². The minimum Gasteiger partial charge on any atom is -0.349 e. The van der Waals surface area contributed by atoms with Gasteiger partial charge in [0, 0.05) is 11.1 Å². The highest BCUT2D eigenvalue weighted by atomic mass is 35.5. The Kier molecular flexibility index (Phi) is 4.14. The van der Waals surface area contributed by atoms with Crippen molar-refractivity contribution in [2.24, 2.45) is 5.41 Å². The fourth-order valence-electron chi connectivity index (χ4n) is 2.67. The first-order valence-corrected chi connectivity index (χ1v) is 7.04. The van der Waals surface area contributed by atoms with E-state index in [4.69, 9.17) is 11.6 Å². The number of benzene rings is 1. The van der Waals surface area contributed by atoms with Crippen LogP contribution in [0.25, 0.3) is 0 Å². The van der Waals surface area contributed by atoms with Gasteiger partial charge < -0.3 is 5.32 Å². The maximum atomic E-state index is 13.6. The number of rotatable bonds is 2. The Bertz CT molecular complexity index is 487. The van der Waals surface area contributed by atoms with Crippen LogP contribution in [0.4, 0.5) is 4.39 Å². The third-order valence-electron chi connectivity index (χ3n) is 3.99. The molecule has 1 aromatic carbocycles. The summed E-state index contributed by atoms with van der Waals surface area (Å²) in [5, 5.41) is 3.33. The molecule has 1 saturated carbocycles. The maximum absolute atomic E-state index is 13.6. The van der Waals surface area contributed by atoms with E-state index in [1.807, 2.05) is 0 Å². The van der Waals surface area contributed by atoms with E-state index in [0.29, 0.717) is 5.02 Å². The highest BCUT2D eigenvalue weighted by Gasteiger charge is 2.33. The van der Waals surface area contributed by atoms with Gasteiger partial charge in [-0.25, -0.2) is 4.39 Å². The van der Waals surface area contributed by atoms with E-state index in [-0.39, 0.29) is 22.9 Å². The number of carbonyl (C=O) groups is 1. The van der Waals surface area contributed by atoms with Crippen LogP contribution in [0.1, 0.15) is 49.9 Å². The van der Waals surface area contributed by atoms with E-state index in [1.54, 1.807) is 0 Å². The number of hydrogen-bond donors (Lipinski definition) is 1. The fraction of sp³-hybridized carbons (Fsp3) is 0.533. The Morgan fingerprint density at radius 3 is 2.84 bits per heavy atom. The third kappa shape index (κ3) is 3.27. The van der Waals surface area contributed by atoms with E-state index in [2.05, 4.69) is 19.2 Å². The van der Waals surface area contributed by atoms with Crippen LogP contribution in [0, 0.1) is 11.2 Å². The van der Waals surface area contributed by atoms with Crippen LogP contribution in [0.3, 0.4) is 0 Å². The van der Waals surface area contributed by atoms with Crippen LogP contribution in [0.5, 0.6) is 0 Å². The maximum Gasteiger partial charge on any atom is 0.254 e. The second-order valence-corrected chi connectivity index (χ2v) is 6.32. The van der Waals surface area contributed by atoms with Crippen molar-refractivity contribution in [3.05, 3.63) is 34.6 Å². The predicted molar refractivity (Wildman–Crippen MR) is 74.9 cm³/mol. The first kappa shape index (κ1) is 14.3. The molecule has 4 heteroatoms. The lowest BCUT2D eigenvalue weighted by Gasteiger charge is -2.39. The molecule has 1 aliphatic rings. The van der Waals surface area contributed by atoms with E-state index in [1.165, 1.54) is 24.6 Å². The lowest BCUT2D eigenvalue weighted by molar-refractivity contribution is 0.0849. The second-order valence-electron chi connectivity index (χ2n) is 5.88. The Balaban J connectivity index is 2.14. The van der Waals surface area contributed by atoms with Gasteiger partial charge in [0.1, 0.15) is 5.82 Å². The van der Waals surface area contributed by atoms with Gasteiger partial charge >= 0.3 is 0 Å². The van der Waals surface area contributed by atoms with Crippen molar-refractivity contribution in [2.45, 2.75) is 45.6 Å². The highest BCUT2D eigenvalue weighted by Crippen LogP contribution is 2.35. The van der Waals surface area contributed by atoms with Crippen molar-refractivity contribution >= 4 is 17.5 Å². The molecule has 0 heterocycles. The summed E-state index contributed by atoms with van der Waals surface area (Å²) in [7, 11) is 0. The normalized spacial score (nSPS) is 22.0. The molecule has 1 amide bonds. The van der Waals surface area contributed by atoms with Crippen LogP contribution in [0.15, 0.2) is 18.2 Å². The van der Waals surface area contributed by atoms with Crippen LogP contribution in [-0.2, 0) is 0 Å². The monoisotopic (exact) mass is 283 g/mol. The van der Waals surface area contributed by atoms with Gasteiger partial charge in [-0.05, 0) is 36.5 Å². The molecule has 0 radical (unpaired) electrons. The average molecular weight is 284 g/mol. The van der Waals surface area contributed by atoms with Crippen LogP contribution >= 0.6 is 11.6 Å². The largest absolute Gasteiger partial charge is 0.349 e. The van der Waals surface area contributed by atoms with Crippen molar-refractivity contribution < 1.29 is 9.18 Å². The van der Waals surface area contributed by atoms with Gasteiger partial charge in [0.05, 0.1) is 5.56 Å². The Hall–Kier alpha value is -1.09. The van der Waals surface area contributed by atoms with Gasteiger partial charge in [-0.1, -0.05) is 38.3 Å². The molecular weight excluding hydrogens is 265 g/mol. The number of carbonyl (C=O) groups excluding carboxylic acids is 1. The zero-order valence-electron chi connectivity index (χ0n) is 11.3. The Morgan fingerprint density at radius 1 is 1.42 bits per heavy atom. The molecular formula is C15H19ClFNO. The van der Waals surface area contributed by atoms with Crippen LogP contribution in [0.2, 0.25) is 5.02 Å². The van der Waals surface area contributed by atoms with Gasteiger partial charge in [-0.3, -0.25) is 4.79 Å². The number of nitrogens with one attached hydrogen (secondary N) is 1. The van der Waals surface area contributed by atoms with Gasteiger partial charge in [0.25, 0.3) is 5.91 Å². The number of halogens is 2. The zero-order chi connectivity index (χ0) is 14.0. The minimum atomic E-state index is -0.532. The molecule has 0 aromatic heterocycles. The van der Waals surface area contributed by atoms with E-state index >= 15 is 0 Å². The fourth-order valence-corrected chi connectivity index (χ4v) is 2.84. The molecule has 1 N–H and O–H groups in total. The first-order chi connectivity index (χ1) is 8.90. The number of hydrogen-bond acceptors (Lipinski definition) is 1. The van der Waals surface area contributed by atoms with Crippen LogP contribution < -0.4 is 5.32 Å². The van der Waals surface area contributed by atoms with Crippen molar-refractivity contribution in [1.82, 2.24) is 5.32 Å². The van der Waals surface area contributed by atoms with Crippen molar-refractivity contribution in [3.63, 3.8) is 0 Å². The summed E-state index contributed by atoms with van der Waals surface area (Å²) in [4.78, 5) is 12.2. The third-order valence-corrected chi connectivity index (χ3v) is 4.22. The molecule has 19 heavy (non-hydrogen) atoms. The SMILES string of the molecule is CC1(C)CCCCC1NC(=O)c1cc(Cl)ccc1F. The molecule has 104 valence electrons. The summed E-state index contributed by atoms with van der Waals surface area (Å²) in [5.41, 5.74) is 0.0806. The van der Waals surface area contributed by atoms with Gasteiger partial charge in [0.2, 0.25) is 0 Å². The van der Waals surface area contributed by atoms with Crippen molar-refractivity contribution in [3.8, 4) is 0 Å². The van der Waals surface area contributed by atoms with E-state index < -0.39 is 5.82 Å². The first-order valence-electron chi connectivity index (χ1n) is 6.66. The molecule has 1 unspecified atom stereocenters. The van der Waals surface area contributed by atoms with E-state index in [9.17, 15) is 9.18 Å². The molecule has 1 fully saturated rings. The quantitative estimate of drug-likeness (QED) is 0.867. The summed E-state index contributed by atoms with van der Waals surface area (Å²) >= 11 is 5.81. The lowest BCUT2D eigenvalue weighted by atomic mass is 9.73. The molecule has 0 bridgehead atoms. The smallest absolute Gasteiger partial charge is 0.254 e. The average Bonchev–Trinajstić information content (AvgIpc) is 2.34. The molecule has 0 aliphatic heterocycles. The molecule has 0 saturated heterocycles. The molecule has 1 atom stereocenters. The Morgan fingerprint density at radius 2 is 2.16 bits per heavy atom. The molecule has 2 rings (SSSR count). The minimum absolute atomic E-state index is 0.0221. The predicted octanol–water partition coefficient (Wildman–Crippen LogP) is 4.18. The van der Waals surface area contributed by atoms with E-state index in [0.717, 1.165) is 19.3 Å². The van der Waals surface area contributed by atoms with Crippen LogP contribution in [-0.4, -0.2) is 11.9 Å². The second kappa shape index (κ2) is 5.49. The lowest BCUT2D eigenvalue weighted by Crippen LogP contribution is -2.47. The summed E-state index contributed by atoms with van der Waals surface area (Å²) in [6.07, 6.45) is 4.31. The molecule has 1 aliphatic carbocycles. The standard InChI is InChI=1S/C15H19ClFNO/c1-15(2)8-4-3-5-13(15)18-14(19)11-9-10(16)6-7-12(11)17/h6-7,9,13H,3-5,8H2,1-2H3,(H,18,19).